The highest BCUT2D eigenvalue weighted by molar-refractivity contribution is 6.13. The minimum atomic E-state index is -0.516. The van der Waals surface area contributed by atoms with Gasteiger partial charge in [-0.2, -0.15) is 0 Å². The number of nitrogens with zero attached hydrogens (tertiary/aromatic N) is 2. The number of fused-ring (bicyclic) bond motifs is 20. The molecule has 0 amide bonds. The molecule has 0 saturated carbocycles. The van der Waals surface area contributed by atoms with Crippen molar-refractivity contribution in [1.29, 1.82) is 0 Å². The molecule has 0 aliphatic heterocycles. The number of aromatic nitrogens is 1. The maximum absolute atomic E-state index is 6.79. The lowest BCUT2D eigenvalue weighted by Gasteiger charge is -2.31. The number of para-hydroxylation sites is 1. The second kappa shape index (κ2) is 18.6. The first-order chi connectivity index (χ1) is 43.8. The Bertz CT molecular complexity index is 5650. The molecule has 1 atom stereocenters. The van der Waals surface area contributed by atoms with Gasteiger partial charge in [-0.3, -0.25) is 0 Å². The summed E-state index contributed by atoms with van der Waals surface area (Å²) in [7, 11) is 0. The quantitative estimate of drug-likeness (QED) is 0.159. The molecule has 3 aliphatic rings. The highest BCUT2D eigenvalue weighted by Gasteiger charge is 2.52. The Morgan fingerprint density at radius 1 is 0.281 bits per heavy atom. The van der Waals surface area contributed by atoms with Crippen LogP contribution in [0.3, 0.4) is 0 Å². The van der Waals surface area contributed by atoms with E-state index in [9.17, 15) is 0 Å². The second-order valence-corrected chi connectivity index (χ2v) is 25.1. The van der Waals surface area contributed by atoms with E-state index in [1.54, 1.807) is 0 Å². The number of furan rings is 1. The van der Waals surface area contributed by atoms with Gasteiger partial charge in [0.1, 0.15) is 11.2 Å². The Balaban J connectivity index is 0.755. The van der Waals surface area contributed by atoms with E-state index in [1.165, 1.54) is 122 Å². The van der Waals surface area contributed by atoms with Crippen LogP contribution < -0.4 is 4.90 Å². The van der Waals surface area contributed by atoms with Crippen molar-refractivity contribution in [2.24, 2.45) is 0 Å². The lowest BCUT2D eigenvalue weighted by molar-refractivity contribution is 0.660. The van der Waals surface area contributed by atoms with E-state index in [4.69, 9.17) is 4.42 Å². The number of benzene rings is 14. The van der Waals surface area contributed by atoms with Crippen molar-refractivity contribution in [3.05, 3.63) is 337 Å². The summed E-state index contributed by atoms with van der Waals surface area (Å²) >= 11 is 0. The highest BCUT2D eigenvalue weighted by atomic mass is 16.3. The third kappa shape index (κ3) is 7.16. The van der Waals surface area contributed by atoms with E-state index in [1.807, 2.05) is 0 Å². The molecule has 3 aliphatic carbocycles. The van der Waals surface area contributed by atoms with Crippen molar-refractivity contribution in [1.82, 2.24) is 4.57 Å². The van der Waals surface area contributed by atoms with Crippen molar-refractivity contribution in [3.63, 3.8) is 0 Å². The zero-order valence-corrected chi connectivity index (χ0v) is 49.2. The standard InChI is InChI=1S/C86H56N2O/c1-85(2)75-26-14-11-23-65(75)67-41-36-62(50-78(67)85)87(64-38-43-72-74-46-56-21-9-10-22-57(56)49-83(74)89-84(72)52-64)63-37-42-71-70-25-13-16-28-81(70)88(82(71)51-63)61-34-29-55(30-35-61)58-33-44-77-73(45-58)69-40-32-60(54-19-7-4-8-20-54)48-80(69)86(77)76-27-15-12-24-66(76)68-39-31-59(47-79(68)86)53-17-5-3-6-18-53/h3-52H,1-2H3. The molecule has 0 saturated heterocycles. The SMILES string of the molecule is CC1(C)c2ccccc2-c2ccc(N(c3ccc4c(c3)oc3cc5ccccc5cc34)c3ccc4c5ccccc5n(-c5ccc(-c6ccc7c(c6)-c6ccc(-c8ccccc8)cc6C76c7ccccc7-c7ccc(-c8ccccc8)cc76)cc5)c4c3)cc21. The summed E-state index contributed by atoms with van der Waals surface area (Å²) in [5, 5.41) is 7.01. The summed E-state index contributed by atoms with van der Waals surface area (Å²) in [5.74, 6) is 0. The molecule has 3 heteroatoms. The van der Waals surface area contributed by atoms with E-state index in [0.29, 0.717) is 0 Å². The van der Waals surface area contributed by atoms with Gasteiger partial charge in [-0.25, -0.2) is 0 Å². The van der Waals surface area contributed by atoms with Gasteiger partial charge >= 0.3 is 0 Å². The number of rotatable bonds is 7. The first kappa shape index (κ1) is 49.9. The van der Waals surface area contributed by atoms with Gasteiger partial charge in [-0.15, -0.1) is 0 Å². The van der Waals surface area contributed by atoms with Crippen LogP contribution in [0.1, 0.15) is 47.2 Å². The minimum Gasteiger partial charge on any atom is -0.456 e. The minimum absolute atomic E-state index is 0.179. The molecular weight excluding hydrogens is 1080 g/mol. The van der Waals surface area contributed by atoms with Gasteiger partial charge in [0.2, 0.25) is 0 Å². The summed E-state index contributed by atoms with van der Waals surface area (Å²) in [6, 6.07) is 113. The molecule has 0 N–H and O–H groups in total. The zero-order valence-electron chi connectivity index (χ0n) is 49.2. The molecule has 1 spiro atoms. The first-order valence-corrected chi connectivity index (χ1v) is 31.0. The topological polar surface area (TPSA) is 21.3 Å². The predicted molar refractivity (Wildman–Crippen MR) is 370 cm³/mol. The largest absolute Gasteiger partial charge is 0.456 e. The second-order valence-electron chi connectivity index (χ2n) is 25.1. The number of hydrogen-bond donors (Lipinski definition) is 0. The first-order valence-electron chi connectivity index (χ1n) is 31.0. The Hall–Kier alpha value is -11.3. The van der Waals surface area contributed by atoms with Gasteiger partial charge in [0, 0.05) is 55.8 Å². The van der Waals surface area contributed by atoms with Crippen LogP contribution in [-0.4, -0.2) is 4.57 Å². The van der Waals surface area contributed by atoms with E-state index in [0.717, 1.165) is 55.7 Å². The van der Waals surface area contributed by atoms with Crippen LogP contribution in [0.25, 0.3) is 127 Å². The molecule has 2 aromatic heterocycles. The average molecular weight is 1130 g/mol. The van der Waals surface area contributed by atoms with E-state index in [-0.39, 0.29) is 5.41 Å². The molecule has 0 fully saturated rings. The fraction of sp³-hybridized carbons (Fsp3) is 0.0465. The lowest BCUT2D eigenvalue weighted by Crippen LogP contribution is -2.26. The van der Waals surface area contributed by atoms with Crippen LogP contribution in [0.5, 0.6) is 0 Å². The van der Waals surface area contributed by atoms with Crippen molar-refractivity contribution in [2.45, 2.75) is 24.7 Å². The Morgan fingerprint density at radius 2 is 0.764 bits per heavy atom. The summed E-state index contributed by atoms with van der Waals surface area (Å²) in [5.41, 5.74) is 30.6. The maximum atomic E-state index is 6.79. The molecule has 2 heterocycles. The Labute approximate surface area is 516 Å². The van der Waals surface area contributed by atoms with Crippen LogP contribution in [-0.2, 0) is 10.8 Å². The predicted octanol–water partition coefficient (Wildman–Crippen LogP) is 23.0. The highest BCUT2D eigenvalue weighted by Crippen LogP contribution is 2.64. The van der Waals surface area contributed by atoms with E-state index >= 15 is 0 Å². The van der Waals surface area contributed by atoms with Gasteiger partial charge in [0.15, 0.2) is 0 Å². The summed E-state index contributed by atoms with van der Waals surface area (Å²) in [6.07, 6.45) is 0. The monoisotopic (exact) mass is 1130 g/mol. The molecule has 16 aromatic rings. The average Bonchev–Trinajstić information content (AvgIpc) is 1.51. The third-order valence-corrected chi connectivity index (χ3v) is 20.2. The number of hydrogen-bond acceptors (Lipinski definition) is 2. The van der Waals surface area contributed by atoms with Crippen molar-refractivity contribution < 1.29 is 4.42 Å². The van der Waals surface area contributed by atoms with Crippen molar-refractivity contribution >= 4 is 71.6 Å². The van der Waals surface area contributed by atoms with Crippen LogP contribution in [0, 0.1) is 0 Å². The van der Waals surface area contributed by atoms with Crippen LogP contribution in [0.4, 0.5) is 17.1 Å². The van der Waals surface area contributed by atoms with Gasteiger partial charge in [0.05, 0.1) is 16.4 Å². The molecular formula is C86H56N2O. The maximum Gasteiger partial charge on any atom is 0.137 e. The normalized spacial score (nSPS) is 14.8. The van der Waals surface area contributed by atoms with Crippen LogP contribution >= 0.6 is 0 Å². The smallest absolute Gasteiger partial charge is 0.137 e. The molecule has 89 heavy (non-hydrogen) atoms. The molecule has 14 aromatic carbocycles. The van der Waals surface area contributed by atoms with Gasteiger partial charge in [-0.05, 0) is 196 Å². The molecule has 19 rings (SSSR count). The lowest BCUT2D eigenvalue weighted by atomic mass is 9.70. The van der Waals surface area contributed by atoms with Crippen LogP contribution in [0.2, 0.25) is 0 Å². The fourth-order valence-electron chi connectivity index (χ4n) is 16.0. The van der Waals surface area contributed by atoms with Gasteiger partial charge in [0.25, 0.3) is 0 Å². The molecule has 416 valence electrons. The Morgan fingerprint density at radius 3 is 1.51 bits per heavy atom. The summed E-state index contributed by atoms with van der Waals surface area (Å²) < 4.78 is 9.25. The summed E-state index contributed by atoms with van der Waals surface area (Å²) in [6.45, 7) is 4.73. The van der Waals surface area contributed by atoms with Gasteiger partial charge < -0.3 is 13.9 Å². The molecule has 3 nitrogen and oxygen atoms in total. The molecule has 0 bridgehead atoms. The third-order valence-electron chi connectivity index (χ3n) is 20.2. The number of anilines is 3. The van der Waals surface area contributed by atoms with Crippen molar-refractivity contribution in [2.75, 3.05) is 4.90 Å². The molecule has 1 unspecified atom stereocenters. The Kier molecular flexibility index (Phi) is 10.5. The van der Waals surface area contributed by atoms with Gasteiger partial charge in [-0.1, -0.05) is 226 Å². The zero-order chi connectivity index (χ0) is 58.7. The molecule has 0 radical (unpaired) electrons. The van der Waals surface area contributed by atoms with Crippen molar-refractivity contribution in [3.8, 4) is 72.4 Å². The van der Waals surface area contributed by atoms with Crippen LogP contribution in [0.15, 0.2) is 308 Å². The van der Waals surface area contributed by atoms with E-state index < -0.39 is 5.41 Å². The van der Waals surface area contributed by atoms with E-state index in [2.05, 4.69) is 327 Å². The fourth-order valence-corrected chi connectivity index (χ4v) is 16.0. The summed E-state index contributed by atoms with van der Waals surface area (Å²) in [4.78, 5) is 2.43.